The third-order valence-electron chi connectivity index (χ3n) is 8.87. The van der Waals surface area contributed by atoms with Crippen molar-refractivity contribution in [3.63, 3.8) is 0 Å². The molecule has 3 heterocycles. The number of anilines is 1. The first kappa shape index (κ1) is 25.8. The summed E-state index contributed by atoms with van der Waals surface area (Å²) in [6, 6.07) is 27.5. The molecule has 0 aliphatic carbocycles. The van der Waals surface area contributed by atoms with Crippen molar-refractivity contribution in [1.82, 2.24) is 4.90 Å². The molecule has 7 nitrogen and oxygen atoms in total. The van der Waals surface area contributed by atoms with Gasteiger partial charge in [0.05, 0.1) is 26.2 Å². The fraction of sp³-hybridized carbons (Fsp3) is 0.171. The molecule has 1 spiro atoms. The van der Waals surface area contributed by atoms with Crippen molar-refractivity contribution in [3.8, 4) is 11.5 Å². The molecule has 3 aliphatic rings. The smallest absolute Gasteiger partial charge is 0.238 e. The SMILES string of the molecule is COc1ccc(C(=O)C2C(C(=O)c3ccc(OC)cc3)C3(C(=O)Nc4ccccc43)C3c4ccccc4C=CN23)cc1. The second kappa shape index (κ2) is 9.73. The van der Waals surface area contributed by atoms with Crippen LogP contribution in [0.3, 0.4) is 0 Å². The Morgan fingerprint density at radius 1 is 0.762 bits per heavy atom. The molecule has 3 aliphatic heterocycles. The lowest BCUT2D eigenvalue weighted by molar-refractivity contribution is -0.122. The van der Waals surface area contributed by atoms with Crippen LogP contribution >= 0.6 is 0 Å². The predicted octanol–water partition coefficient (Wildman–Crippen LogP) is 5.69. The maximum absolute atomic E-state index is 14.8. The lowest BCUT2D eigenvalue weighted by Gasteiger charge is -2.38. The summed E-state index contributed by atoms with van der Waals surface area (Å²) in [7, 11) is 3.13. The summed E-state index contributed by atoms with van der Waals surface area (Å²) in [5.74, 6) is -0.624. The Morgan fingerprint density at radius 3 is 2.02 bits per heavy atom. The number of nitrogens with zero attached hydrogens (tertiary/aromatic N) is 1. The highest BCUT2D eigenvalue weighted by Crippen LogP contribution is 2.62. The molecule has 0 aromatic heterocycles. The van der Waals surface area contributed by atoms with E-state index in [0.717, 1.165) is 11.1 Å². The Bertz CT molecular complexity index is 1760. The summed E-state index contributed by atoms with van der Waals surface area (Å²) >= 11 is 0. The molecule has 4 aromatic rings. The van der Waals surface area contributed by atoms with Crippen molar-refractivity contribution in [2.45, 2.75) is 17.5 Å². The van der Waals surface area contributed by atoms with E-state index in [1.165, 1.54) is 0 Å². The summed E-state index contributed by atoms with van der Waals surface area (Å²) in [6.07, 6.45) is 3.82. The van der Waals surface area contributed by atoms with E-state index in [1.54, 1.807) is 62.8 Å². The van der Waals surface area contributed by atoms with Gasteiger partial charge in [0, 0.05) is 23.0 Å². The number of rotatable bonds is 6. The lowest BCUT2D eigenvalue weighted by atomic mass is 9.62. The van der Waals surface area contributed by atoms with Crippen LogP contribution in [0.25, 0.3) is 6.08 Å². The van der Waals surface area contributed by atoms with Gasteiger partial charge in [-0.1, -0.05) is 42.5 Å². The molecule has 1 saturated heterocycles. The van der Waals surface area contributed by atoms with Gasteiger partial charge in [-0.2, -0.15) is 0 Å². The second-order valence-electron chi connectivity index (χ2n) is 10.8. The molecular weight excluding hydrogens is 528 g/mol. The molecule has 4 atom stereocenters. The number of hydrogen-bond donors (Lipinski definition) is 1. The van der Waals surface area contributed by atoms with Crippen LogP contribution in [0.15, 0.2) is 103 Å². The van der Waals surface area contributed by atoms with Crippen LogP contribution in [0.2, 0.25) is 0 Å². The number of hydrogen-bond acceptors (Lipinski definition) is 6. The molecule has 0 saturated carbocycles. The molecule has 0 radical (unpaired) electrons. The van der Waals surface area contributed by atoms with Gasteiger partial charge in [0.1, 0.15) is 23.0 Å². The largest absolute Gasteiger partial charge is 0.497 e. The number of para-hydroxylation sites is 1. The Labute approximate surface area is 243 Å². The highest BCUT2D eigenvalue weighted by Gasteiger charge is 2.70. The van der Waals surface area contributed by atoms with Gasteiger partial charge in [-0.05, 0) is 77.4 Å². The standard InChI is InChI=1S/C35H28N2O5/c1-41-24-15-11-22(12-16-24)31(38)29-30(32(39)23-13-17-25(42-2)18-14-23)37-20-19-21-7-3-4-8-26(21)33(37)35(29)27-9-5-6-10-28(27)36-34(35)40/h3-20,29-30,33H,1-2H3,(H,36,40). The lowest BCUT2D eigenvalue weighted by Crippen LogP contribution is -2.49. The molecular formula is C35H28N2O5. The number of fused-ring (bicyclic) bond motifs is 6. The fourth-order valence-electron chi connectivity index (χ4n) is 7.03. The minimum atomic E-state index is -1.37. The summed E-state index contributed by atoms with van der Waals surface area (Å²) in [6.45, 7) is 0. The van der Waals surface area contributed by atoms with Gasteiger partial charge in [0.2, 0.25) is 5.91 Å². The fourth-order valence-corrected chi connectivity index (χ4v) is 7.03. The van der Waals surface area contributed by atoms with Gasteiger partial charge in [-0.3, -0.25) is 14.4 Å². The van der Waals surface area contributed by atoms with Crippen LogP contribution in [0.1, 0.15) is 43.4 Å². The zero-order valence-corrected chi connectivity index (χ0v) is 23.1. The van der Waals surface area contributed by atoms with E-state index in [1.807, 2.05) is 65.7 Å². The van der Waals surface area contributed by atoms with E-state index >= 15 is 0 Å². The van der Waals surface area contributed by atoms with Crippen molar-refractivity contribution < 1.29 is 23.9 Å². The van der Waals surface area contributed by atoms with E-state index in [2.05, 4.69) is 5.32 Å². The zero-order valence-electron chi connectivity index (χ0n) is 23.1. The van der Waals surface area contributed by atoms with Gasteiger partial charge in [-0.25, -0.2) is 0 Å². The number of methoxy groups -OCH3 is 2. The van der Waals surface area contributed by atoms with E-state index in [9.17, 15) is 14.4 Å². The number of ketones is 2. The third kappa shape index (κ3) is 3.56. The van der Waals surface area contributed by atoms with Gasteiger partial charge in [-0.15, -0.1) is 0 Å². The minimum Gasteiger partial charge on any atom is -0.497 e. The van der Waals surface area contributed by atoms with Crippen molar-refractivity contribution in [3.05, 3.63) is 131 Å². The van der Waals surface area contributed by atoms with Crippen LogP contribution in [-0.2, 0) is 10.2 Å². The van der Waals surface area contributed by atoms with Crippen LogP contribution in [0, 0.1) is 5.92 Å². The molecule has 1 amide bonds. The number of carbonyl (C=O) groups is 3. The number of amides is 1. The van der Waals surface area contributed by atoms with Crippen LogP contribution in [0.4, 0.5) is 5.69 Å². The van der Waals surface area contributed by atoms with Crippen LogP contribution < -0.4 is 14.8 Å². The summed E-state index contributed by atoms with van der Waals surface area (Å²) in [5, 5.41) is 3.07. The average molecular weight is 557 g/mol. The predicted molar refractivity (Wildman–Crippen MR) is 159 cm³/mol. The van der Waals surface area contributed by atoms with Gasteiger partial charge >= 0.3 is 0 Å². The Morgan fingerprint density at radius 2 is 1.36 bits per heavy atom. The molecule has 1 N–H and O–H groups in total. The molecule has 4 aromatic carbocycles. The molecule has 4 unspecified atom stereocenters. The molecule has 7 rings (SSSR count). The minimum absolute atomic E-state index is 0.243. The molecule has 1 fully saturated rings. The Balaban J connectivity index is 1.50. The first-order valence-electron chi connectivity index (χ1n) is 13.8. The van der Waals surface area contributed by atoms with Crippen molar-refractivity contribution in [2.75, 3.05) is 19.5 Å². The number of nitrogens with one attached hydrogen (secondary N) is 1. The summed E-state index contributed by atoms with van der Waals surface area (Å²) in [5.41, 5.74) is 2.67. The van der Waals surface area contributed by atoms with Crippen LogP contribution in [0.5, 0.6) is 11.5 Å². The van der Waals surface area contributed by atoms with Crippen LogP contribution in [-0.4, -0.2) is 42.6 Å². The van der Waals surface area contributed by atoms with E-state index < -0.39 is 23.4 Å². The number of benzene rings is 4. The molecule has 0 bridgehead atoms. The third-order valence-corrected chi connectivity index (χ3v) is 8.87. The first-order chi connectivity index (χ1) is 20.5. The van der Waals surface area contributed by atoms with E-state index in [-0.39, 0.29) is 17.5 Å². The average Bonchev–Trinajstić information content (AvgIpc) is 3.52. The van der Waals surface area contributed by atoms with Gasteiger partial charge in [0.25, 0.3) is 0 Å². The maximum Gasteiger partial charge on any atom is 0.238 e. The highest BCUT2D eigenvalue weighted by molar-refractivity contribution is 6.16. The monoisotopic (exact) mass is 556 g/mol. The van der Waals surface area contributed by atoms with Crippen molar-refractivity contribution in [2.24, 2.45) is 5.92 Å². The van der Waals surface area contributed by atoms with Crippen molar-refractivity contribution >= 4 is 29.2 Å². The van der Waals surface area contributed by atoms with Crippen molar-refractivity contribution in [1.29, 1.82) is 0 Å². The summed E-state index contributed by atoms with van der Waals surface area (Å²) in [4.78, 5) is 45.8. The number of Topliss-reactive ketones (excluding diaryl/α,β-unsaturated/α-hetero) is 2. The first-order valence-corrected chi connectivity index (χ1v) is 13.8. The second-order valence-corrected chi connectivity index (χ2v) is 10.8. The highest BCUT2D eigenvalue weighted by atomic mass is 16.5. The van der Waals surface area contributed by atoms with E-state index in [0.29, 0.717) is 33.9 Å². The molecule has 208 valence electrons. The number of carbonyl (C=O) groups excluding carboxylic acids is 3. The van der Waals surface area contributed by atoms with Gasteiger partial charge < -0.3 is 19.7 Å². The quantitative estimate of drug-likeness (QED) is 0.308. The topological polar surface area (TPSA) is 84.9 Å². The number of ether oxygens (including phenoxy) is 2. The van der Waals surface area contributed by atoms with Gasteiger partial charge in [0.15, 0.2) is 11.6 Å². The molecule has 42 heavy (non-hydrogen) atoms. The molecule has 7 heteroatoms. The zero-order chi connectivity index (χ0) is 29.0. The Hall–Kier alpha value is -5.17. The normalized spacial score (nSPS) is 23.1. The summed E-state index contributed by atoms with van der Waals surface area (Å²) < 4.78 is 10.6. The van der Waals surface area contributed by atoms with E-state index in [4.69, 9.17) is 9.47 Å². The maximum atomic E-state index is 14.8. The Kier molecular flexibility index (Phi) is 5.97.